The maximum atomic E-state index is 12.3. The molecule has 1 aliphatic heterocycles. The summed E-state index contributed by atoms with van der Waals surface area (Å²) >= 11 is 0. The molecule has 0 saturated carbocycles. The summed E-state index contributed by atoms with van der Waals surface area (Å²) in [6, 6.07) is 7.80. The fraction of sp³-hybridized carbons (Fsp3) is 0.273. The molecule has 0 unspecified atom stereocenters. The highest BCUT2D eigenvalue weighted by Crippen LogP contribution is 2.35. The van der Waals surface area contributed by atoms with E-state index in [2.05, 4.69) is 4.98 Å². The van der Waals surface area contributed by atoms with E-state index in [-0.39, 0.29) is 5.57 Å². The van der Waals surface area contributed by atoms with E-state index in [0.29, 0.717) is 0 Å². The normalized spacial score (nSPS) is 16.2. The molecule has 2 aromatic carbocycles. The van der Waals surface area contributed by atoms with Crippen LogP contribution in [0.25, 0.3) is 27.9 Å². The number of aromatic nitrogens is 1. The molecule has 1 N–H and O–H groups in total. The van der Waals surface area contributed by atoms with E-state index < -0.39 is 17.7 Å². The number of benzene rings is 2. The number of H-pyrrole nitrogens is 1. The highest BCUT2D eigenvalue weighted by molar-refractivity contribution is 6.19. The maximum Gasteiger partial charge on any atom is 0.348 e. The van der Waals surface area contributed by atoms with Crippen molar-refractivity contribution < 1.29 is 23.8 Å². The van der Waals surface area contributed by atoms with Crippen LogP contribution in [0.15, 0.2) is 29.8 Å². The zero-order valence-corrected chi connectivity index (χ0v) is 16.4. The summed E-state index contributed by atoms with van der Waals surface area (Å²) in [5.41, 5.74) is 4.59. The quantitative estimate of drug-likeness (QED) is 0.411. The van der Waals surface area contributed by atoms with Gasteiger partial charge in [0.25, 0.3) is 5.79 Å². The van der Waals surface area contributed by atoms with Crippen molar-refractivity contribution in [2.45, 2.75) is 33.5 Å². The van der Waals surface area contributed by atoms with Crippen LogP contribution in [-0.2, 0) is 19.1 Å². The van der Waals surface area contributed by atoms with Crippen LogP contribution in [0.2, 0.25) is 0 Å². The van der Waals surface area contributed by atoms with Gasteiger partial charge in [-0.3, -0.25) is 0 Å². The topological polar surface area (TPSA) is 77.6 Å². The summed E-state index contributed by atoms with van der Waals surface area (Å²) in [7, 11) is 1.63. The third-order valence-corrected chi connectivity index (χ3v) is 5.00. The van der Waals surface area contributed by atoms with E-state index in [0.717, 1.165) is 44.2 Å². The number of aromatic amines is 1. The zero-order chi connectivity index (χ0) is 20.2. The highest BCUT2D eigenvalue weighted by Gasteiger charge is 2.39. The van der Waals surface area contributed by atoms with Gasteiger partial charge in [0.05, 0.1) is 7.11 Å². The second-order valence-electron chi connectivity index (χ2n) is 7.43. The molecule has 1 saturated heterocycles. The monoisotopic (exact) mass is 379 g/mol. The first-order valence-electron chi connectivity index (χ1n) is 8.98. The number of methoxy groups -OCH3 is 1. The average molecular weight is 379 g/mol. The van der Waals surface area contributed by atoms with Crippen LogP contribution in [0.1, 0.15) is 30.5 Å². The Balaban J connectivity index is 1.93. The molecule has 0 radical (unpaired) electrons. The molecule has 0 amide bonds. The van der Waals surface area contributed by atoms with Crippen molar-refractivity contribution in [1.82, 2.24) is 4.98 Å². The molecule has 3 aromatic rings. The summed E-state index contributed by atoms with van der Waals surface area (Å²) in [6.07, 6.45) is 1.54. The third kappa shape index (κ3) is 2.81. The van der Waals surface area contributed by atoms with Gasteiger partial charge in [0.1, 0.15) is 11.3 Å². The smallest absolute Gasteiger partial charge is 0.348 e. The van der Waals surface area contributed by atoms with Gasteiger partial charge in [-0.05, 0) is 60.9 Å². The Hall–Kier alpha value is -3.28. The SMILES string of the molecule is COc1ccc2[nH]c3c(C)cc(C=C4C(=O)OC(C)(C)OC4=O)c(C)c3c2c1. The van der Waals surface area contributed by atoms with Crippen LogP contribution < -0.4 is 4.74 Å². The van der Waals surface area contributed by atoms with E-state index in [1.807, 2.05) is 38.1 Å². The summed E-state index contributed by atoms with van der Waals surface area (Å²) < 4.78 is 15.8. The van der Waals surface area contributed by atoms with Crippen molar-refractivity contribution in [2.75, 3.05) is 7.11 Å². The van der Waals surface area contributed by atoms with E-state index in [1.54, 1.807) is 13.2 Å². The Bertz CT molecular complexity index is 1160. The van der Waals surface area contributed by atoms with E-state index >= 15 is 0 Å². The van der Waals surface area contributed by atoms with Gasteiger partial charge in [-0.15, -0.1) is 0 Å². The first-order valence-corrected chi connectivity index (χ1v) is 8.98. The number of carbonyl (C=O) groups excluding carboxylic acids is 2. The Labute approximate surface area is 162 Å². The van der Waals surface area contributed by atoms with Crippen LogP contribution in [0, 0.1) is 13.8 Å². The molecule has 0 bridgehead atoms. The van der Waals surface area contributed by atoms with Crippen molar-refractivity contribution in [3.63, 3.8) is 0 Å². The second kappa shape index (κ2) is 6.12. The predicted molar refractivity (Wildman–Crippen MR) is 106 cm³/mol. The number of esters is 2. The maximum absolute atomic E-state index is 12.3. The standard InChI is InChI=1S/C22H21NO5/c1-11-8-13(9-16-20(24)27-22(3,4)28-21(16)25)12(2)18-15-10-14(26-5)6-7-17(15)23-19(11)18/h6-10,23H,1-5H3. The number of ether oxygens (including phenoxy) is 3. The number of hydrogen-bond donors (Lipinski definition) is 1. The van der Waals surface area contributed by atoms with Crippen molar-refractivity contribution in [1.29, 1.82) is 0 Å². The average Bonchev–Trinajstić information content (AvgIpc) is 3.00. The molecule has 0 spiro atoms. The minimum Gasteiger partial charge on any atom is -0.497 e. The number of hydrogen-bond acceptors (Lipinski definition) is 5. The number of rotatable bonds is 2. The van der Waals surface area contributed by atoms with Crippen molar-refractivity contribution in [3.05, 3.63) is 46.5 Å². The molecule has 0 atom stereocenters. The first-order chi connectivity index (χ1) is 13.2. The number of fused-ring (bicyclic) bond motifs is 3. The van der Waals surface area contributed by atoms with Gasteiger partial charge < -0.3 is 19.2 Å². The lowest BCUT2D eigenvalue weighted by Gasteiger charge is -2.29. The fourth-order valence-electron chi connectivity index (χ4n) is 3.63. The minimum absolute atomic E-state index is 0.112. The van der Waals surface area contributed by atoms with Gasteiger partial charge >= 0.3 is 11.9 Å². The lowest BCUT2D eigenvalue weighted by molar-refractivity contribution is -0.222. The summed E-state index contributed by atoms with van der Waals surface area (Å²) in [5.74, 6) is -1.86. The molecule has 1 aliphatic rings. The van der Waals surface area contributed by atoms with Gasteiger partial charge in [0.2, 0.25) is 0 Å². The number of cyclic esters (lactones) is 2. The van der Waals surface area contributed by atoms with Gasteiger partial charge in [-0.25, -0.2) is 9.59 Å². The molecule has 6 heteroatoms. The summed E-state index contributed by atoms with van der Waals surface area (Å²) in [4.78, 5) is 28.1. The van der Waals surface area contributed by atoms with E-state index in [4.69, 9.17) is 14.2 Å². The van der Waals surface area contributed by atoms with Gasteiger partial charge in [-0.1, -0.05) is 0 Å². The van der Waals surface area contributed by atoms with Crippen LogP contribution in [-0.4, -0.2) is 29.8 Å². The lowest BCUT2D eigenvalue weighted by atomic mass is 9.96. The Morgan fingerprint density at radius 3 is 2.39 bits per heavy atom. The van der Waals surface area contributed by atoms with Gasteiger partial charge in [-0.2, -0.15) is 0 Å². The predicted octanol–water partition coefficient (Wildman–Crippen LogP) is 4.17. The number of nitrogens with one attached hydrogen (secondary N) is 1. The second-order valence-corrected chi connectivity index (χ2v) is 7.43. The minimum atomic E-state index is -1.26. The van der Waals surface area contributed by atoms with Crippen LogP contribution in [0.4, 0.5) is 0 Å². The molecular formula is C22H21NO5. The molecule has 1 aromatic heterocycles. The molecular weight excluding hydrogens is 358 g/mol. The highest BCUT2D eigenvalue weighted by atomic mass is 16.7. The van der Waals surface area contributed by atoms with E-state index in [1.165, 1.54) is 13.8 Å². The molecule has 4 rings (SSSR count). The molecule has 2 heterocycles. The van der Waals surface area contributed by atoms with Crippen LogP contribution in [0.5, 0.6) is 5.75 Å². The molecule has 6 nitrogen and oxygen atoms in total. The van der Waals surface area contributed by atoms with Crippen molar-refractivity contribution >= 4 is 39.8 Å². The van der Waals surface area contributed by atoms with Gasteiger partial charge in [0.15, 0.2) is 0 Å². The van der Waals surface area contributed by atoms with Crippen molar-refractivity contribution in [3.8, 4) is 5.75 Å². The first kappa shape index (κ1) is 18.1. The number of aryl methyl sites for hydroxylation is 2. The van der Waals surface area contributed by atoms with Crippen LogP contribution >= 0.6 is 0 Å². The Kier molecular flexibility index (Phi) is 3.96. The Morgan fingerprint density at radius 1 is 1.07 bits per heavy atom. The molecule has 1 fully saturated rings. The fourth-order valence-corrected chi connectivity index (χ4v) is 3.63. The Morgan fingerprint density at radius 2 is 1.75 bits per heavy atom. The van der Waals surface area contributed by atoms with E-state index in [9.17, 15) is 9.59 Å². The largest absolute Gasteiger partial charge is 0.497 e. The molecule has 28 heavy (non-hydrogen) atoms. The lowest BCUT2D eigenvalue weighted by Crippen LogP contribution is -2.41. The summed E-state index contributed by atoms with van der Waals surface area (Å²) in [6.45, 7) is 7.00. The zero-order valence-electron chi connectivity index (χ0n) is 16.4. The molecule has 144 valence electrons. The van der Waals surface area contributed by atoms with Gasteiger partial charge in [0, 0.05) is 35.7 Å². The van der Waals surface area contributed by atoms with Crippen molar-refractivity contribution in [2.24, 2.45) is 0 Å². The summed E-state index contributed by atoms with van der Waals surface area (Å²) in [5, 5.41) is 2.05. The number of carbonyl (C=O) groups is 2. The van der Waals surface area contributed by atoms with Crippen LogP contribution in [0.3, 0.4) is 0 Å². The molecule has 0 aliphatic carbocycles. The third-order valence-electron chi connectivity index (χ3n) is 5.00.